The van der Waals surface area contributed by atoms with Crippen molar-refractivity contribution in [2.75, 3.05) is 6.54 Å². The maximum atomic E-state index is 12.8. The zero-order chi connectivity index (χ0) is 9.26. The standard InChI is InChI=1S/C10H11F2N.ClH/c11-8-4-7(5-9(12)6-8)10-2-1-3-13-10;/h4-6,10,13H,1-3H2;1H/t10-;/m0./s1. The summed E-state index contributed by atoms with van der Waals surface area (Å²) in [6.07, 6.45) is 2.03. The maximum absolute atomic E-state index is 12.8. The number of hydrogen-bond acceptors (Lipinski definition) is 1. The second-order valence-electron chi connectivity index (χ2n) is 3.35. The van der Waals surface area contributed by atoms with Gasteiger partial charge in [0.15, 0.2) is 0 Å². The molecule has 0 amide bonds. The van der Waals surface area contributed by atoms with Crippen LogP contribution in [-0.2, 0) is 0 Å². The van der Waals surface area contributed by atoms with Gasteiger partial charge in [-0.15, -0.1) is 12.4 Å². The predicted molar refractivity (Wildman–Crippen MR) is 53.6 cm³/mol. The lowest BCUT2D eigenvalue weighted by Crippen LogP contribution is -2.13. The molecular formula is C10H12ClF2N. The van der Waals surface area contributed by atoms with Crippen LogP contribution >= 0.6 is 12.4 Å². The van der Waals surface area contributed by atoms with Crippen molar-refractivity contribution in [1.82, 2.24) is 5.32 Å². The summed E-state index contributed by atoms with van der Waals surface area (Å²) < 4.78 is 25.6. The first-order valence-corrected chi connectivity index (χ1v) is 4.45. The molecule has 1 saturated heterocycles. The number of hydrogen-bond donors (Lipinski definition) is 1. The van der Waals surface area contributed by atoms with Gasteiger partial charge in [0, 0.05) is 12.1 Å². The van der Waals surface area contributed by atoms with Crippen LogP contribution in [0, 0.1) is 11.6 Å². The topological polar surface area (TPSA) is 12.0 Å². The van der Waals surface area contributed by atoms with E-state index in [1.165, 1.54) is 12.1 Å². The van der Waals surface area contributed by atoms with Gasteiger partial charge in [-0.2, -0.15) is 0 Å². The number of benzene rings is 1. The van der Waals surface area contributed by atoms with E-state index in [9.17, 15) is 8.78 Å². The van der Waals surface area contributed by atoms with Crippen molar-refractivity contribution in [3.63, 3.8) is 0 Å². The molecule has 1 aliphatic heterocycles. The lowest BCUT2D eigenvalue weighted by molar-refractivity contribution is 0.565. The van der Waals surface area contributed by atoms with Gasteiger partial charge in [0.05, 0.1) is 0 Å². The highest BCUT2D eigenvalue weighted by Gasteiger charge is 2.17. The van der Waals surface area contributed by atoms with E-state index in [0.29, 0.717) is 0 Å². The van der Waals surface area contributed by atoms with Gasteiger partial charge in [0.2, 0.25) is 0 Å². The third-order valence-corrected chi connectivity index (χ3v) is 2.35. The van der Waals surface area contributed by atoms with Crippen LogP contribution in [0.3, 0.4) is 0 Å². The molecule has 1 fully saturated rings. The van der Waals surface area contributed by atoms with Crippen molar-refractivity contribution < 1.29 is 8.78 Å². The first-order valence-electron chi connectivity index (χ1n) is 4.45. The molecule has 78 valence electrons. The van der Waals surface area contributed by atoms with E-state index in [2.05, 4.69) is 5.32 Å². The second kappa shape index (κ2) is 4.71. The Morgan fingerprint density at radius 1 is 1.14 bits per heavy atom. The van der Waals surface area contributed by atoms with Crippen molar-refractivity contribution in [2.24, 2.45) is 0 Å². The lowest BCUT2D eigenvalue weighted by atomic mass is 10.1. The molecule has 14 heavy (non-hydrogen) atoms. The molecule has 1 N–H and O–H groups in total. The molecule has 0 radical (unpaired) electrons. The van der Waals surface area contributed by atoms with Crippen LogP contribution < -0.4 is 5.32 Å². The Bertz CT molecular complexity index is 291. The second-order valence-corrected chi connectivity index (χ2v) is 3.35. The molecule has 1 nitrogen and oxygen atoms in total. The summed E-state index contributed by atoms with van der Waals surface area (Å²) in [5.41, 5.74) is 0.718. The molecule has 0 saturated carbocycles. The zero-order valence-electron chi connectivity index (χ0n) is 7.59. The SMILES string of the molecule is Cl.Fc1cc(F)cc([C@@H]2CCCN2)c1. The maximum Gasteiger partial charge on any atom is 0.126 e. The third-order valence-electron chi connectivity index (χ3n) is 2.35. The monoisotopic (exact) mass is 219 g/mol. The van der Waals surface area contributed by atoms with Crippen LogP contribution in [0.4, 0.5) is 8.78 Å². The summed E-state index contributed by atoms with van der Waals surface area (Å²) >= 11 is 0. The summed E-state index contributed by atoms with van der Waals surface area (Å²) in [5, 5.41) is 3.19. The molecule has 1 atom stereocenters. The smallest absolute Gasteiger partial charge is 0.126 e. The van der Waals surface area contributed by atoms with Gasteiger partial charge in [-0.25, -0.2) is 8.78 Å². The fourth-order valence-corrected chi connectivity index (χ4v) is 1.75. The first-order chi connectivity index (χ1) is 6.25. The van der Waals surface area contributed by atoms with Gasteiger partial charge in [-0.3, -0.25) is 0 Å². The highest BCUT2D eigenvalue weighted by molar-refractivity contribution is 5.85. The van der Waals surface area contributed by atoms with E-state index in [-0.39, 0.29) is 18.4 Å². The average Bonchev–Trinajstić information content (AvgIpc) is 2.53. The Hall–Kier alpha value is -0.670. The quantitative estimate of drug-likeness (QED) is 0.766. The Morgan fingerprint density at radius 2 is 1.79 bits per heavy atom. The molecular weight excluding hydrogens is 208 g/mol. The fraction of sp³-hybridized carbons (Fsp3) is 0.400. The molecule has 0 bridgehead atoms. The van der Waals surface area contributed by atoms with Gasteiger partial charge in [0.25, 0.3) is 0 Å². The molecule has 4 heteroatoms. The molecule has 0 spiro atoms. The average molecular weight is 220 g/mol. The summed E-state index contributed by atoms with van der Waals surface area (Å²) in [7, 11) is 0. The van der Waals surface area contributed by atoms with Gasteiger partial charge < -0.3 is 5.32 Å². The Labute approximate surface area is 87.9 Å². The molecule has 2 rings (SSSR count). The minimum absolute atomic E-state index is 0. The van der Waals surface area contributed by atoms with Crippen molar-refractivity contribution in [2.45, 2.75) is 18.9 Å². The van der Waals surface area contributed by atoms with E-state index in [1.54, 1.807) is 0 Å². The highest BCUT2D eigenvalue weighted by atomic mass is 35.5. The van der Waals surface area contributed by atoms with E-state index in [4.69, 9.17) is 0 Å². The van der Waals surface area contributed by atoms with Crippen molar-refractivity contribution in [3.05, 3.63) is 35.4 Å². The van der Waals surface area contributed by atoms with Crippen molar-refractivity contribution in [3.8, 4) is 0 Å². The van der Waals surface area contributed by atoms with E-state index < -0.39 is 11.6 Å². The fourth-order valence-electron chi connectivity index (χ4n) is 1.75. The molecule has 0 aromatic heterocycles. The Kier molecular flexibility index (Phi) is 3.84. The van der Waals surface area contributed by atoms with Gasteiger partial charge >= 0.3 is 0 Å². The largest absolute Gasteiger partial charge is 0.310 e. The minimum Gasteiger partial charge on any atom is -0.310 e. The van der Waals surface area contributed by atoms with Gasteiger partial charge in [0.1, 0.15) is 11.6 Å². The summed E-state index contributed by atoms with van der Waals surface area (Å²) in [5.74, 6) is -0.993. The Morgan fingerprint density at radius 3 is 2.29 bits per heavy atom. The highest BCUT2D eigenvalue weighted by Crippen LogP contribution is 2.24. The van der Waals surface area contributed by atoms with Gasteiger partial charge in [-0.05, 0) is 37.1 Å². The normalized spacial score (nSPS) is 20.6. The number of halogens is 3. The first kappa shape index (κ1) is 11.4. The minimum atomic E-state index is -0.497. The van der Waals surface area contributed by atoms with E-state index in [1.807, 2.05) is 0 Å². The molecule has 1 aromatic rings. The third kappa shape index (κ3) is 2.42. The molecule has 0 unspecified atom stereocenters. The van der Waals surface area contributed by atoms with E-state index in [0.717, 1.165) is 31.0 Å². The Balaban J connectivity index is 0.000000980. The van der Waals surface area contributed by atoms with Crippen LogP contribution in [0.2, 0.25) is 0 Å². The van der Waals surface area contributed by atoms with Crippen LogP contribution in [0.1, 0.15) is 24.4 Å². The molecule has 0 aliphatic carbocycles. The molecule has 1 heterocycles. The van der Waals surface area contributed by atoms with E-state index >= 15 is 0 Å². The van der Waals surface area contributed by atoms with Crippen LogP contribution in [0.25, 0.3) is 0 Å². The van der Waals surface area contributed by atoms with Crippen LogP contribution in [0.15, 0.2) is 18.2 Å². The van der Waals surface area contributed by atoms with Crippen molar-refractivity contribution in [1.29, 1.82) is 0 Å². The summed E-state index contributed by atoms with van der Waals surface area (Å²) in [6, 6.07) is 3.82. The molecule has 1 aromatic carbocycles. The predicted octanol–water partition coefficient (Wildman–Crippen LogP) is 2.81. The number of rotatable bonds is 1. The van der Waals surface area contributed by atoms with Crippen LogP contribution in [-0.4, -0.2) is 6.54 Å². The zero-order valence-corrected chi connectivity index (χ0v) is 8.41. The summed E-state index contributed by atoms with van der Waals surface area (Å²) in [6.45, 7) is 0.933. The van der Waals surface area contributed by atoms with Gasteiger partial charge in [-0.1, -0.05) is 0 Å². The lowest BCUT2D eigenvalue weighted by Gasteiger charge is -2.10. The summed E-state index contributed by atoms with van der Waals surface area (Å²) in [4.78, 5) is 0. The van der Waals surface area contributed by atoms with Crippen molar-refractivity contribution >= 4 is 12.4 Å². The molecule has 1 aliphatic rings. The number of nitrogens with one attached hydrogen (secondary N) is 1. The van der Waals surface area contributed by atoms with Crippen LogP contribution in [0.5, 0.6) is 0 Å².